The van der Waals surface area contributed by atoms with E-state index in [1.807, 2.05) is 0 Å². The van der Waals surface area contributed by atoms with Crippen molar-refractivity contribution in [2.75, 3.05) is 19.1 Å². The molecule has 1 rings (SSSR count). The summed E-state index contributed by atoms with van der Waals surface area (Å²) in [4.78, 5) is 16.9. The highest BCUT2D eigenvalue weighted by Crippen LogP contribution is 2.13. The van der Waals surface area contributed by atoms with E-state index >= 15 is 0 Å². The Morgan fingerprint density at radius 1 is 1.71 bits per heavy atom. The number of rotatable bonds is 2. The Kier molecular flexibility index (Phi) is 3.41. The van der Waals surface area contributed by atoms with E-state index in [4.69, 9.17) is 0 Å². The third kappa shape index (κ3) is 2.43. The van der Waals surface area contributed by atoms with Crippen molar-refractivity contribution >= 4 is 11.7 Å². The van der Waals surface area contributed by atoms with Crippen LogP contribution < -0.4 is 10.4 Å². The second-order valence-electron chi connectivity index (χ2n) is 2.57. The molecule has 0 aliphatic rings. The largest absolute Gasteiger partial charge is 0.345 e. The Hall–Kier alpha value is -1.62. The van der Waals surface area contributed by atoms with Crippen LogP contribution in [-0.4, -0.2) is 20.2 Å². The van der Waals surface area contributed by atoms with Gasteiger partial charge in [0.1, 0.15) is 5.82 Å². The third-order valence-electron chi connectivity index (χ3n) is 1.63. The van der Waals surface area contributed by atoms with E-state index in [2.05, 4.69) is 16.4 Å². The van der Waals surface area contributed by atoms with E-state index in [0.717, 1.165) is 0 Å². The van der Waals surface area contributed by atoms with Gasteiger partial charge in [-0.15, -0.1) is 0 Å². The number of anilines is 1. The highest BCUT2D eigenvalue weighted by atomic mass is 19.1. The molecule has 0 saturated carbocycles. The lowest BCUT2D eigenvalue weighted by Crippen LogP contribution is -2.36. The van der Waals surface area contributed by atoms with Gasteiger partial charge < -0.3 is 0 Å². The summed E-state index contributed by atoms with van der Waals surface area (Å²) in [6.45, 7) is 0. The molecule has 1 aromatic rings. The molecule has 0 aliphatic carbocycles. The Morgan fingerprint density at radius 2 is 2.43 bits per heavy atom. The van der Waals surface area contributed by atoms with Gasteiger partial charge in [0, 0.05) is 18.8 Å². The summed E-state index contributed by atoms with van der Waals surface area (Å²) >= 11 is 0. The van der Waals surface area contributed by atoms with Crippen molar-refractivity contribution in [1.82, 2.24) is 5.48 Å². The van der Waals surface area contributed by atoms with E-state index in [1.54, 1.807) is 6.07 Å². The summed E-state index contributed by atoms with van der Waals surface area (Å²) in [5.74, 6) is -0.514. The smallest absolute Gasteiger partial charge is 0.296 e. The van der Waals surface area contributed by atoms with Gasteiger partial charge in [-0.05, 0) is 18.2 Å². The lowest BCUT2D eigenvalue weighted by molar-refractivity contribution is 0.111. The minimum Gasteiger partial charge on any atom is -0.296 e. The molecule has 0 atom stereocenters. The van der Waals surface area contributed by atoms with Crippen LogP contribution in [0, 0.1) is 11.9 Å². The zero-order chi connectivity index (χ0) is 10.6. The van der Waals surface area contributed by atoms with Crippen LogP contribution in [0.15, 0.2) is 18.2 Å². The Bertz CT molecular complexity index is 330. The van der Waals surface area contributed by atoms with Gasteiger partial charge in [0.05, 0.1) is 7.11 Å². The molecular weight excluding hydrogens is 187 g/mol. The molecule has 0 saturated heterocycles. The van der Waals surface area contributed by atoms with Gasteiger partial charge >= 0.3 is 6.03 Å². The molecular formula is C9H10FN2O2. The number of benzene rings is 1. The molecule has 0 heterocycles. The van der Waals surface area contributed by atoms with Crippen LogP contribution in [0.3, 0.4) is 0 Å². The first-order valence-corrected chi connectivity index (χ1v) is 3.89. The van der Waals surface area contributed by atoms with Gasteiger partial charge in [-0.1, -0.05) is 0 Å². The number of halogens is 1. The average molecular weight is 197 g/mol. The van der Waals surface area contributed by atoms with E-state index in [9.17, 15) is 9.18 Å². The predicted molar refractivity (Wildman–Crippen MR) is 49.2 cm³/mol. The van der Waals surface area contributed by atoms with Crippen molar-refractivity contribution in [3.8, 4) is 0 Å². The van der Waals surface area contributed by atoms with Crippen molar-refractivity contribution in [3.05, 3.63) is 30.1 Å². The quantitative estimate of drug-likeness (QED) is 0.727. The van der Waals surface area contributed by atoms with Gasteiger partial charge in [-0.25, -0.2) is 14.7 Å². The van der Waals surface area contributed by atoms with Gasteiger partial charge in [0.15, 0.2) is 0 Å². The number of amides is 2. The molecule has 1 radical (unpaired) electrons. The van der Waals surface area contributed by atoms with Crippen molar-refractivity contribution in [1.29, 1.82) is 0 Å². The highest BCUT2D eigenvalue weighted by Gasteiger charge is 2.10. The molecule has 0 aromatic heterocycles. The first-order valence-electron chi connectivity index (χ1n) is 3.89. The summed E-state index contributed by atoms with van der Waals surface area (Å²) in [7, 11) is 2.83. The topological polar surface area (TPSA) is 41.6 Å². The maximum Gasteiger partial charge on any atom is 0.345 e. The second-order valence-corrected chi connectivity index (χ2v) is 2.57. The molecule has 75 valence electrons. The maximum absolute atomic E-state index is 12.7. The van der Waals surface area contributed by atoms with Gasteiger partial charge in [0.25, 0.3) is 0 Å². The number of hydrogen-bond donors (Lipinski definition) is 1. The zero-order valence-electron chi connectivity index (χ0n) is 7.87. The van der Waals surface area contributed by atoms with Crippen molar-refractivity contribution in [2.24, 2.45) is 0 Å². The third-order valence-corrected chi connectivity index (χ3v) is 1.63. The molecule has 1 N–H and O–H groups in total. The lowest BCUT2D eigenvalue weighted by atomic mass is 10.3. The molecule has 0 spiro atoms. The van der Waals surface area contributed by atoms with E-state index in [-0.39, 0.29) is 0 Å². The number of carbonyl (C=O) groups excluding carboxylic acids is 1. The normalized spacial score (nSPS) is 9.64. The van der Waals surface area contributed by atoms with Crippen LogP contribution in [0.2, 0.25) is 0 Å². The minimum absolute atomic E-state index is 0.427. The van der Waals surface area contributed by atoms with Crippen molar-refractivity contribution in [2.45, 2.75) is 0 Å². The lowest BCUT2D eigenvalue weighted by Gasteiger charge is -2.16. The number of hydroxylamine groups is 1. The number of nitrogens with one attached hydrogen (secondary N) is 1. The van der Waals surface area contributed by atoms with Crippen LogP contribution in [0.5, 0.6) is 0 Å². The molecule has 4 nitrogen and oxygen atoms in total. The number of nitrogens with zero attached hydrogens (tertiary/aromatic N) is 1. The molecule has 0 bridgehead atoms. The SMILES string of the molecule is CONC(=O)N(C)c1cc[c]c(F)c1. The van der Waals surface area contributed by atoms with Crippen LogP contribution >= 0.6 is 0 Å². The zero-order valence-corrected chi connectivity index (χ0v) is 7.87. The first kappa shape index (κ1) is 10.5. The van der Waals surface area contributed by atoms with Gasteiger partial charge in [0.2, 0.25) is 0 Å². The molecule has 5 heteroatoms. The fraction of sp³-hybridized carbons (Fsp3) is 0.222. The number of urea groups is 1. The summed E-state index contributed by atoms with van der Waals surface area (Å²) < 4.78 is 12.7. The van der Waals surface area contributed by atoms with E-state index < -0.39 is 11.8 Å². The Balaban J connectivity index is 2.78. The van der Waals surface area contributed by atoms with Crippen LogP contribution in [0.25, 0.3) is 0 Å². The number of hydrogen-bond acceptors (Lipinski definition) is 2. The van der Waals surface area contributed by atoms with Gasteiger partial charge in [-0.2, -0.15) is 0 Å². The standard InChI is InChI=1S/C9H10FN2O2/c1-12(9(13)11-14-2)8-5-3-4-7(10)6-8/h3,5-6H,1-2H3,(H,11,13). The van der Waals surface area contributed by atoms with Crippen LogP contribution in [0.1, 0.15) is 0 Å². The fourth-order valence-electron chi connectivity index (χ4n) is 0.908. The average Bonchev–Trinajstić information content (AvgIpc) is 2.17. The van der Waals surface area contributed by atoms with E-state index in [1.165, 1.54) is 31.2 Å². The fourth-order valence-corrected chi connectivity index (χ4v) is 0.908. The molecule has 14 heavy (non-hydrogen) atoms. The highest BCUT2D eigenvalue weighted by molar-refractivity contribution is 5.90. The maximum atomic E-state index is 12.7. The van der Waals surface area contributed by atoms with Crippen molar-refractivity contribution in [3.63, 3.8) is 0 Å². The Morgan fingerprint density at radius 3 is 3.00 bits per heavy atom. The predicted octanol–water partition coefficient (Wildman–Crippen LogP) is 1.33. The molecule has 0 unspecified atom stereocenters. The monoisotopic (exact) mass is 197 g/mol. The summed E-state index contributed by atoms with van der Waals surface area (Å²) in [5, 5.41) is 0. The minimum atomic E-state index is -0.514. The summed E-state index contributed by atoms with van der Waals surface area (Å²) in [6, 6.07) is 6.04. The van der Waals surface area contributed by atoms with Crippen LogP contribution in [0.4, 0.5) is 14.9 Å². The van der Waals surface area contributed by atoms with E-state index in [0.29, 0.717) is 5.69 Å². The van der Waals surface area contributed by atoms with Gasteiger partial charge in [-0.3, -0.25) is 9.74 Å². The number of carbonyl (C=O) groups is 1. The molecule has 1 aromatic carbocycles. The first-order chi connectivity index (χ1) is 6.65. The molecule has 0 aliphatic heterocycles. The second kappa shape index (κ2) is 4.57. The van der Waals surface area contributed by atoms with Crippen molar-refractivity contribution < 1.29 is 14.0 Å². The molecule has 2 amide bonds. The Labute approximate surface area is 81.2 Å². The van der Waals surface area contributed by atoms with Crippen LogP contribution in [-0.2, 0) is 4.84 Å². The summed E-state index contributed by atoms with van der Waals surface area (Å²) in [6.07, 6.45) is 0. The summed E-state index contributed by atoms with van der Waals surface area (Å²) in [5.41, 5.74) is 2.54. The molecule has 0 fully saturated rings.